The lowest BCUT2D eigenvalue weighted by Crippen LogP contribution is -2.26. The number of carboxylic acids is 2. The maximum Gasteiger partial charge on any atom is 0.337 e. The Kier molecular flexibility index (Phi) is 6.51. The van der Waals surface area contributed by atoms with Crippen LogP contribution in [0, 0.1) is 0 Å². The van der Waals surface area contributed by atoms with Gasteiger partial charge in [-0.2, -0.15) is 0 Å². The molecule has 1 aromatic rings. The van der Waals surface area contributed by atoms with E-state index in [1.165, 1.54) is 30.1 Å². The second-order valence-electron chi connectivity index (χ2n) is 3.83. The van der Waals surface area contributed by atoms with Crippen molar-refractivity contribution in [3.63, 3.8) is 0 Å². The first-order chi connectivity index (χ1) is 9.49. The number of carbonyl (C=O) groups is 3. The fraction of sp³-hybridized carbons (Fsp3) is 0.333. The molecule has 1 aromatic heterocycles. The molecule has 0 unspecified atom stereocenters. The molecular formula is C12H14N2O5S. The molecule has 1 amide bonds. The Morgan fingerprint density at radius 3 is 2.55 bits per heavy atom. The van der Waals surface area contributed by atoms with Crippen molar-refractivity contribution in [1.82, 2.24) is 10.3 Å². The molecule has 0 radical (unpaired) electrons. The summed E-state index contributed by atoms with van der Waals surface area (Å²) in [7, 11) is 0. The van der Waals surface area contributed by atoms with Gasteiger partial charge in [0.15, 0.2) is 0 Å². The first-order valence-electron chi connectivity index (χ1n) is 5.79. The Morgan fingerprint density at radius 1 is 1.25 bits per heavy atom. The van der Waals surface area contributed by atoms with E-state index in [4.69, 9.17) is 10.2 Å². The van der Waals surface area contributed by atoms with Crippen molar-refractivity contribution >= 4 is 29.6 Å². The second kappa shape index (κ2) is 8.16. The number of aromatic nitrogens is 1. The highest BCUT2D eigenvalue weighted by Crippen LogP contribution is 2.14. The summed E-state index contributed by atoms with van der Waals surface area (Å²) in [6.07, 6.45) is 1.64. The number of aromatic carboxylic acids is 1. The van der Waals surface area contributed by atoms with E-state index in [2.05, 4.69) is 10.3 Å². The largest absolute Gasteiger partial charge is 0.481 e. The van der Waals surface area contributed by atoms with Crippen LogP contribution in [0.5, 0.6) is 0 Å². The van der Waals surface area contributed by atoms with Gasteiger partial charge in [0.05, 0.1) is 16.3 Å². The summed E-state index contributed by atoms with van der Waals surface area (Å²) in [6, 6.07) is 2.95. The molecule has 0 aliphatic carbocycles. The van der Waals surface area contributed by atoms with Crippen LogP contribution in [0.15, 0.2) is 23.4 Å². The topological polar surface area (TPSA) is 117 Å². The van der Waals surface area contributed by atoms with Gasteiger partial charge < -0.3 is 15.5 Å². The van der Waals surface area contributed by atoms with Crippen molar-refractivity contribution in [3.8, 4) is 0 Å². The molecule has 0 atom stereocenters. The number of nitrogens with one attached hydrogen (secondary N) is 1. The number of hydrogen-bond acceptors (Lipinski definition) is 5. The lowest BCUT2D eigenvalue weighted by atomic mass is 10.3. The number of amides is 1. The molecule has 0 bridgehead atoms. The van der Waals surface area contributed by atoms with Gasteiger partial charge in [-0.15, -0.1) is 0 Å². The molecule has 0 spiro atoms. The third-order valence-corrected chi connectivity index (χ3v) is 3.17. The van der Waals surface area contributed by atoms with Gasteiger partial charge in [-0.05, 0) is 18.6 Å². The number of carbonyl (C=O) groups excluding carboxylic acids is 1. The predicted octanol–water partition coefficient (Wildman–Crippen LogP) is 0.853. The smallest absolute Gasteiger partial charge is 0.337 e. The Balaban J connectivity index is 2.26. The summed E-state index contributed by atoms with van der Waals surface area (Å²) in [5.41, 5.74) is 0.0903. The SMILES string of the molecule is O=C(O)CCCNC(=O)CSc1ccc(C(=O)O)cn1. The van der Waals surface area contributed by atoms with E-state index >= 15 is 0 Å². The number of thioether (sulfide) groups is 1. The quantitative estimate of drug-likeness (QED) is 0.481. The molecule has 0 aliphatic rings. The Labute approximate surface area is 119 Å². The van der Waals surface area contributed by atoms with Crippen molar-refractivity contribution in [3.05, 3.63) is 23.9 Å². The number of hydrogen-bond donors (Lipinski definition) is 3. The third kappa shape index (κ3) is 6.19. The van der Waals surface area contributed by atoms with E-state index in [9.17, 15) is 14.4 Å². The van der Waals surface area contributed by atoms with Gasteiger partial charge in [0.1, 0.15) is 0 Å². The van der Waals surface area contributed by atoms with Gasteiger partial charge in [-0.1, -0.05) is 11.8 Å². The van der Waals surface area contributed by atoms with E-state index in [1.54, 1.807) is 0 Å². The van der Waals surface area contributed by atoms with E-state index < -0.39 is 11.9 Å². The summed E-state index contributed by atoms with van der Waals surface area (Å²) in [6.45, 7) is 0.317. The molecule has 0 saturated heterocycles. The second-order valence-corrected chi connectivity index (χ2v) is 4.82. The molecule has 0 aromatic carbocycles. The normalized spacial score (nSPS) is 10.0. The summed E-state index contributed by atoms with van der Waals surface area (Å²) in [5, 5.41) is 20.3. The fourth-order valence-electron chi connectivity index (χ4n) is 1.25. The van der Waals surface area contributed by atoms with Crippen LogP contribution in [0.1, 0.15) is 23.2 Å². The highest BCUT2D eigenvalue weighted by atomic mass is 32.2. The molecule has 0 aliphatic heterocycles. The highest BCUT2D eigenvalue weighted by Gasteiger charge is 2.06. The van der Waals surface area contributed by atoms with Crippen LogP contribution in [0.2, 0.25) is 0 Å². The molecule has 1 heterocycles. The van der Waals surface area contributed by atoms with Crippen LogP contribution >= 0.6 is 11.8 Å². The lowest BCUT2D eigenvalue weighted by Gasteiger charge is -2.04. The minimum absolute atomic E-state index is 0.0195. The van der Waals surface area contributed by atoms with E-state index in [0.29, 0.717) is 18.0 Å². The number of aliphatic carboxylic acids is 1. The molecule has 0 saturated carbocycles. The monoisotopic (exact) mass is 298 g/mol. The number of nitrogens with zero attached hydrogens (tertiary/aromatic N) is 1. The standard InChI is InChI=1S/C12H14N2O5S/c15-9(13-5-1-2-11(16)17)7-20-10-4-3-8(6-14-10)12(18)19/h3-4,6H,1-2,5,7H2,(H,13,15)(H,16,17)(H,18,19). The average molecular weight is 298 g/mol. The molecule has 20 heavy (non-hydrogen) atoms. The maximum atomic E-state index is 11.4. The van der Waals surface area contributed by atoms with Crippen LogP contribution in [0.4, 0.5) is 0 Å². The van der Waals surface area contributed by atoms with Gasteiger partial charge in [-0.3, -0.25) is 9.59 Å². The zero-order valence-corrected chi connectivity index (χ0v) is 11.4. The minimum Gasteiger partial charge on any atom is -0.481 e. The van der Waals surface area contributed by atoms with Gasteiger partial charge in [-0.25, -0.2) is 9.78 Å². The Morgan fingerprint density at radius 2 is 2.00 bits per heavy atom. The first-order valence-corrected chi connectivity index (χ1v) is 6.78. The van der Waals surface area contributed by atoms with Gasteiger partial charge in [0.25, 0.3) is 0 Å². The first kappa shape index (κ1) is 16.0. The molecule has 0 fully saturated rings. The van der Waals surface area contributed by atoms with Crippen LogP contribution in [-0.4, -0.2) is 45.3 Å². The molecular weight excluding hydrogens is 284 g/mol. The fourth-order valence-corrected chi connectivity index (χ4v) is 1.92. The summed E-state index contributed by atoms with van der Waals surface area (Å²) in [5.74, 6) is -2.02. The maximum absolute atomic E-state index is 11.4. The predicted molar refractivity (Wildman–Crippen MR) is 71.8 cm³/mol. The van der Waals surface area contributed by atoms with Crippen molar-refractivity contribution < 1.29 is 24.6 Å². The van der Waals surface area contributed by atoms with Crippen molar-refractivity contribution in [2.24, 2.45) is 0 Å². The molecule has 7 nitrogen and oxygen atoms in total. The summed E-state index contributed by atoms with van der Waals surface area (Å²) in [4.78, 5) is 36.2. The third-order valence-electron chi connectivity index (χ3n) is 2.22. The number of pyridine rings is 1. The summed E-state index contributed by atoms with van der Waals surface area (Å²) < 4.78 is 0. The zero-order chi connectivity index (χ0) is 15.0. The van der Waals surface area contributed by atoms with E-state index in [-0.39, 0.29) is 23.6 Å². The van der Waals surface area contributed by atoms with Gasteiger partial charge >= 0.3 is 11.9 Å². The summed E-state index contributed by atoms with van der Waals surface area (Å²) >= 11 is 1.18. The highest BCUT2D eigenvalue weighted by molar-refractivity contribution is 7.99. The van der Waals surface area contributed by atoms with Crippen LogP contribution in [0.3, 0.4) is 0 Å². The van der Waals surface area contributed by atoms with Crippen molar-refractivity contribution in [2.75, 3.05) is 12.3 Å². The lowest BCUT2D eigenvalue weighted by molar-refractivity contribution is -0.137. The van der Waals surface area contributed by atoms with Crippen LogP contribution in [0.25, 0.3) is 0 Å². The van der Waals surface area contributed by atoms with Crippen molar-refractivity contribution in [1.29, 1.82) is 0 Å². The molecule has 8 heteroatoms. The minimum atomic E-state index is -1.05. The molecule has 1 rings (SSSR count). The van der Waals surface area contributed by atoms with Gasteiger partial charge in [0.2, 0.25) is 5.91 Å². The van der Waals surface area contributed by atoms with E-state index in [1.807, 2.05) is 0 Å². The molecule has 108 valence electrons. The van der Waals surface area contributed by atoms with Gasteiger partial charge in [0, 0.05) is 19.2 Å². The molecule has 3 N–H and O–H groups in total. The number of rotatable bonds is 8. The van der Waals surface area contributed by atoms with Crippen LogP contribution < -0.4 is 5.32 Å². The van der Waals surface area contributed by atoms with Crippen molar-refractivity contribution in [2.45, 2.75) is 17.9 Å². The Bertz CT molecular complexity index is 489. The number of carboxylic acid groups (broad SMARTS) is 2. The van der Waals surface area contributed by atoms with Crippen LogP contribution in [-0.2, 0) is 9.59 Å². The zero-order valence-electron chi connectivity index (χ0n) is 10.5. The average Bonchev–Trinajstić information content (AvgIpc) is 2.41. The Hall–Kier alpha value is -2.09. The van der Waals surface area contributed by atoms with E-state index in [0.717, 1.165) is 0 Å².